The fourth-order valence-electron chi connectivity index (χ4n) is 2.46. The minimum absolute atomic E-state index is 0. The highest BCUT2D eigenvalue weighted by atomic mass is 35.5. The van der Waals surface area contributed by atoms with Crippen LogP contribution in [0.4, 0.5) is 0 Å². The Labute approximate surface area is 128 Å². The molecule has 1 N–H and O–H groups in total. The molecule has 1 aliphatic rings. The SMILES string of the molecule is CC1CN(C(=O)c2cnc3ccccn3c2=O)CCN1.Cl. The number of fused-ring (bicyclic) bond motifs is 1. The van der Waals surface area contributed by atoms with Crippen LogP contribution >= 0.6 is 12.4 Å². The molecule has 112 valence electrons. The monoisotopic (exact) mass is 308 g/mol. The van der Waals surface area contributed by atoms with Crippen molar-refractivity contribution in [2.24, 2.45) is 0 Å². The number of carbonyl (C=O) groups excluding carboxylic acids is 1. The van der Waals surface area contributed by atoms with Gasteiger partial charge in [0.25, 0.3) is 11.5 Å². The summed E-state index contributed by atoms with van der Waals surface area (Å²) in [6.45, 7) is 3.98. The molecule has 0 spiro atoms. The molecule has 1 amide bonds. The van der Waals surface area contributed by atoms with Gasteiger partial charge in [0.05, 0.1) is 0 Å². The number of hydrogen-bond donors (Lipinski definition) is 1. The fraction of sp³-hybridized carbons (Fsp3) is 0.357. The zero-order valence-corrected chi connectivity index (χ0v) is 12.5. The summed E-state index contributed by atoms with van der Waals surface area (Å²) in [5.41, 5.74) is 0.359. The highest BCUT2D eigenvalue weighted by Crippen LogP contribution is 2.05. The number of amides is 1. The largest absolute Gasteiger partial charge is 0.336 e. The van der Waals surface area contributed by atoms with Gasteiger partial charge in [-0.25, -0.2) is 4.98 Å². The average Bonchev–Trinajstić information content (AvgIpc) is 2.47. The molecule has 1 fully saturated rings. The minimum atomic E-state index is -0.313. The lowest BCUT2D eigenvalue weighted by Crippen LogP contribution is -2.52. The van der Waals surface area contributed by atoms with E-state index in [2.05, 4.69) is 10.3 Å². The number of pyridine rings is 1. The van der Waals surface area contributed by atoms with Gasteiger partial charge in [-0.1, -0.05) is 6.07 Å². The normalized spacial score (nSPS) is 18.3. The standard InChI is InChI=1S/C14H16N4O2.ClH/c1-10-9-17(7-5-15-10)13(19)11-8-16-12-4-2-3-6-18(12)14(11)20;/h2-4,6,8,10,15H,5,7,9H2,1H3;1H. The Morgan fingerprint density at radius 2 is 2.24 bits per heavy atom. The molecular formula is C14H17ClN4O2. The third-order valence-corrected chi connectivity index (χ3v) is 3.50. The Morgan fingerprint density at radius 1 is 1.43 bits per heavy atom. The zero-order valence-electron chi connectivity index (χ0n) is 11.7. The number of piperazine rings is 1. The van der Waals surface area contributed by atoms with Crippen LogP contribution in [0.1, 0.15) is 17.3 Å². The number of aromatic nitrogens is 2. The minimum Gasteiger partial charge on any atom is -0.336 e. The topological polar surface area (TPSA) is 66.7 Å². The van der Waals surface area contributed by atoms with Gasteiger partial charge in [0.2, 0.25) is 0 Å². The summed E-state index contributed by atoms with van der Waals surface area (Å²) in [4.78, 5) is 30.7. The quantitative estimate of drug-likeness (QED) is 0.835. The molecule has 0 saturated carbocycles. The Kier molecular flexibility index (Phi) is 4.59. The molecule has 21 heavy (non-hydrogen) atoms. The van der Waals surface area contributed by atoms with Crippen LogP contribution in [0.5, 0.6) is 0 Å². The molecule has 0 bridgehead atoms. The summed E-state index contributed by atoms with van der Waals surface area (Å²) in [5.74, 6) is -0.242. The number of rotatable bonds is 1. The third-order valence-electron chi connectivity index (χ3n) is 3.50. The second kappa shape index (κ2) is 6.24. The van der Waals surface area contributed by atoms with Crippen LogP contribution in [0, 0.1) is 0 Å². The summed E-state index contributed by atoms with van der Waals surface area (Å²) in [6.07, 6.45) is 3.01. The van der Waals surface area contributed by atoms with Crippen LogP contribution in [0.3, 0.4) is 0 Å². The highest BCUT2D eigenvalue weighted by molar-refractivity contribution is 5.93. The Balaban J connectivity index is 0.00000161. The molecule has 6 nitrogen and oxygen atoms in total. The summed E-state index contributed by atoms with van der Waals surface area (Å²) in [6, 6.07) is 5.53. The summed E-state index contributed by atoms with van der Waals surface area (Å²) >= 11 is 0. The molecule has 0 radical (unpaired) electrons. The van der Waals surface area contributed by atoms with Gasteiger partial charge in [-0.2, -0.15) is 0 Å². The Hall–Kier alpha value is -1.92. The Bertz CT molecular complexity index is 715. The zero-order chi connectivity index (χ0) is 14.1. The molecule has 1 unspecified atom stereocenters. The molecule has 3 rings (SSSR count). The summed E-state index contributed by atoms with van der Waals surface area (Å²) < 4.78 is 1.40. The molecular weight excluding hydrogens is 292 g/mol. The van der Waals surface area contributed by atoms with Crippen LogP contribution in [0.15, 0.2) is 35.4 Å². The van der Waals surface area contributed by atoms with Gasteiger partial charge in [0.1, 0.15) is 11.2 Å². The van der Waals surface area contributed by atoms with E-state index in [9.17, 15) is 9.59 Å². The first-order chi connectivity index (χ1) is 9.66. The van der Waals surface area contributed by atoms with Crippen LogP contribution in [0.2, 0.25) is 0 Å². The van der Waals surface area contributed by atoms with Crippen molar-refractivity contribution in [3.05, 3.63) is 46.5 Å². The third kappa shape index (κ3) is 2.91. The van der Waals surface area contributed by atoms with E-state index in [1.807, 2.05) is 6.92 Å². The molecule has 1 aliphatic heterocycles. The fourth-order valence-corrected chi connectivity index (χ4v) is 2.46. The van der Waals surface area contributed by atoms with E-state index >= 15 is 0 Å². The van der Waals surface area contributed by atoms with Crippen molar-refractivity contribution in [3.8, 4) is 0 Å². The summed E-state index contributed by atoms with van der Waals surface area (Å²) in [7, 11) is 0. The lowest BCUT2D eigenvalue weighted by molar-refractivity contribution is 0.0706. The van der Waals surface area contributed by atoms with Crippen molar-refractivity contribution in [2.45, 2.75) is 13.0 Å². The maximum Gasteiger partial charge on any atom is 0.270 e. The van der Waals surface area contributed by atoms with Crippen molar-refractivity contribution in [1.29, 1.82) is 0 Å². The van der Waals surface area contributed by atoms with Crippen molar-refractivity contribution in [1.82, 2.24) is 19.6 Å². The number of nitrogens with one attached hydrogen (secondary N) is 1. The Morgan fingerprint density at radius 3 is 3.00 bits per heavy atom. The smallest absolute Gasteiger partial charge is 0.270 e. The number of carbonyl (C=O) groups is 1. The molecule has 0 aliphatic carbocycles. The molecule has 1 atom stereocenters. The van der Waals surface area contributed by atoms with Crippen LogP contribution in [-0.2, 0) is 0 Å². The second-order valence-corrected chi connectivity index (χ2v) is 5.01. The van der Waals surface area contributed by atoms with Crippen molar-refractivity contribution in [3.63, 3.8) is 0 Å². The second-order valence-electron chi connectivity index (χ2n) is 5.01. The number of hydrogen-bond acceptors (Lipinski definition) is 4. The van der Waals surface area contributed by atoms with Gasteiger partial charge >= 0.3 is 0 Å². The molecule has 2 aromatic heterocycles. The first kappa shape index (κ1) is 15.5. The highest BCUT2D eigenvalue weighted by Gasteiger charge is 2.24. The molecule has 1 saturated heterocycles. The first-order valence-electron chi connectivity index (χ1n) is 6.66. The van der Waals surface area contributed by atoms with E-state index in [1.54, 1.807) is 29.3 Å². The molecule has 0 aromatic carbocycles. The number of nitrogens with zero attached hydrogens (tertiary/aromatic N) is 3. The van der Waals surface area contributed by atoms with Gasteiger partial charge in [0.15, 0.2) is 0 Å². The van der Waals surface area contributed by atoms with E-state index in [-0.39, 0.29) is 35.5 Å². The van der Waals surface area contributed by atoms with E-state index in [0.717, 1.165) is 6.54 Å². The van der Waals surface area contributed by atoms with Crippen LogP contribution in [-0.4, -0.2) is 45.9 Å². The van der Waals surface area contributed by atoms with Gasteiger partial charge in [-0.05, 0) is 19.1 Å². The van der Waals surface area contributed by atoms with Crippen molar-refractivity contribution in [2.75, 3.05) is 19.6 Å². The molecule has 2 aromatic rings. The van der Waals surface area contributed by atoms with Gasteiger partial charge in [0, 0.05) is 38.1 Å². The van der Waals surface area contributed by atoms with Gasteiger partial charge in [-0.15, -0.1) is 12.4 Å². The maximum atomic E-state index is 12.5. The molecule has 7 heteroatoms. The summed E-state index contributed by atoms with van der Waals surface area (Å²) in [5, 5.41) is 3.27. The first-order valence-corrected chi connectivity index (χ1v) is 6.66. The molecule has 3 heterocycles. The lowest BCUT2D eigenvalue weighted by atomic mass is 10.2. The van der Waals surface area contributed by atoms with E-state index < -0.39 is 0 Å². The predicted molar refractivity (Wildman–Crippen MR) is 82.1 cm³/mol. The van der Waals surface area contributed by atoms with E-state index in [4.69, 9.17) is 0 Å². The lowest BCUT2D eigenvalue weighted by Gasteiger charge is -2.31. The maximum absolute atomic E-state index is 12.5. The predicted octanol–water partition coefficient (Wildman–Crippen LogP) is 0.550. The van der Waals surface area contributed by atoms with Crippen LogP contribution < -0.4 is 10.9 Å². The number of halogens is 1. The van der Waals surface area contributed by atoms with Crippen molar-refractivity contribution >= 4 is 24.0 Å². The van der Waals surface area contributed by atoms with Crippen LogP contribution in [0.25, 0.3) is 5.65 Å². The van der Waals surface area contributed by atoms with Gasteiger partial charge < -0.3 is 10.2 Å². The van der Waals surface area contributed by atoms with Crippen molar-refractivity contribution < 1.29 is 4.79 Å². The van der Waals surface area contributed by atoms with Gasteiger partial charge in [-0.3, -0.25) is 14.0 Å². The van der Waals surface area contributed by atoms with E-state index in [0.29, 0.717) is 18.7 Å². The average molecular weight is 309 g/mol. The van der Waals surface area contributed by atoms with E-state index in [1.165, 1.54) is 10.6 Å².